The topological polar surface area (TPSA) is 21.7 Å². The van der Waals surface area contributed by atoms with Crippen LogP contribution in [0.4, 0.5) is 0 Å². The molecule has 0 N–H and O–H groups in total. The SMILES string of the molecule is COC(OC)N(S)S. The zero-order valence-corrected chi connectivity index (χ0v) is 6.52. The third kappa shape index (κ3) is 2.78. The molecule has 0 radical (unpaired) electrons. The first-order chi connectivity index (χ1) is 3.72. The van der Waals surface area contributed by atoms with Crippen molar-refractivity contribution in [3.8, 4) is 0 Å². The third-order valence-corrected chi connectivity index (χ3v) is 0.969. The number of thiol groups is 2. The van der Waals surface area contributed by atoms with E-state index in [1.165, 1.54) is 17.9 Å². The van der Waals surface area contributed by atoms with E-state index in [0.717, 1.165) is 0 Å². The highest BCUT2D eigenvalue weighted by Crippen LogP contribution is 2.05. The lowest BCUT2D eigenvalue weighted by Crippen LogP contribution is -2.23. The number of hydrogen-bond acceptors (Lipinski definition) is 5. The standard InChI is InChI=1S/C3H9NO2S2/c1-5-3(6-2)4(7)8/h3,7-8H,1-2H3. The molecule has 0 aromatic heterocycles. The fourth-order valence-corrected chi connectivity index (χ4v) is 0.662. The molecule has 5 heteroatoms. The molecule has 50 valence electrons. The first kappa shape index (κ1) is 8.58. The molecule has 0 fully saturated rings. The summed E-state index contributed by atoms with van der Waals surface area (Å²) in [5.41, 5.74) is 0. The second kappa shape index (κ2) is 4.46. The summed E-state index contributed by atoms with van der Waals surface area (Å²) in [4.78, 5) is 0. The van der Waals surface area contributed by atoms with Crippen LogP contribution in [0, 0.1) is 0 Å². The molecular formula is C3H9NO2S2. The van der Waals surface area contributed by atoms with Gasteiger partial charge in [-0.1, -0.05) is 25.6 Å². The van der Waals surface area contributed by atoms with Crippen molar-refractivity contribution in [1.82, 2.24) is 3.71 Å². The summed E-state index contributed by atoms with van der Waals surface area (Å²) in [5, 5.41) is 0. The van der Waals surface area contributed by atoms with Gasteiger partial charge >= 0.3 is 0 Å². The van der Waals surface area contributed by atoms with Gasteiger partial charge in [0, 0.05) is 14.2 Å². The summed E-state index contributed by atoms with van der Waals surface area (Å²) in [6.07, 6.45) is -0.485. The Balaban J connectivity index is 3.35. The van der Waals surface area contributed by atoms with Crippen LogP contribution < -0.4 is 0 Å². The van der Waals surface area contributed by atoms with Crippen molar-refractivity contribution < 1.29 is 9.47 Å². The van der Waals surface area contributed by atoms with Gasteiger partial charge < -0.3 is 9.47 Å². The number of methoxy groups -OCH3 is 2. The van der Waals surface area contributed by atoms with Gasteiger partial charge in [0.05, 0.1) is 0 Å². The van der Waals surface area contributed by atoms with Crippen molar-refractivity contribution in [3.63, 3.8) is 0 Å². The Hall–Kier alpha value is 0.580. The molecular weight excluding hydrogens is 146 g/mol. The van der Waals surface area contributed by atoms with Gasteiger partial charge in [-0.25, -0.2) is 0 Å². The van der Waals surface area contributed by atoms with Gasteiger partial charge in [0.25, 0.3) is 0 Å². The Labute approximate surface area is 60.0 Å². The maximum atomic E-state index is 4.71. The average Bonchev–Trinajstić information content (AvgIpc) is 1.69. The predicted molar refractivity (Wildman–Crippen MR) is 37.6 cm³/mol. The molecule has 0 aromatic carbocycles. The number of rotatable bonds is 3. The molecule has 0 heterocycles. The first-order valence-corrected chi connectivity index (χ1v) is 2.75. The second-order valence-corrected chi connectivity index (χ2v) is 2.28. The summed E-state index contributed by atoms with van der Waals surface area (Å²) in [5.74, 6) is 0. The van der Waals surface area contributed by atoms with E-state index in [1.54, 1.807) is 0 Å². The quantitative estimate of drug-likeness (QED) is 0.459. The van der Waals surface area contributed by atoms with Gasteiger partial charge in [-0.15, -0.1) is 3.71 Å². The summed E-state index contributed by atoms with van der Waals surface area (Å²) in [6.45, 7) is 0. The van der Waals surface area contributed by atoms with Crippen molar-refractivity contribution in [2.75, 3.05) is 14.2 Å². The van der Waals surface area contributed by atoms with E-state index in [2.05, 4.69) is 25.6 Å². The molecule has 0 aliphatic heterocycles. The highest BCUT2D eigenvalue weighted by Gasteiger charge is 2.07. The van der Waals surface area contributed by atoms with Crippen molar-refractivity contribution in [2.24, 2.45) is 0 Å². The van der Waals surface area contributed by atoms with Crippen LogP contribution in [0.15, 0.2) is 0 Å². The zero-order valence-electron chi connectivity index (χ0n) is 4.74. The van der Waals surface area contributed by atoms with Crippen LogP contribution in [0.5, 0.6) is 0 Å². The zero-order chi connectivity index (χ0) is 6.57. The van der Waals surface area contributed by atoms with E-state index in [0.29, 0.717) is 0 Å². The van der Waals surface area contributed by atoms with Gasteiger partial charge in [0.2, 0.25) is 6.41 Å². The Bertz CT molecular complexity index is 57.2. The van der Waals surface area contributed by atoms with E-state index in [4.69, 9.17) is 9.47 Å². The minimum absolute atomic E-state index is 0.485. The maximum absolute atomic E-state index is 4.71. The molecule has 3 nitrogen and oxygen atoms in total. The highest BCUT2D eigenvalue weighted by atomic mass is 32.2. The molecule has 0 unspecified atom stereocenters. The Morgan fingerprint density at radius 3 is 1.62 bits per heavy atom. The van der Waals surface area contributed by atoms with Crippen LogP contribution in [0.3, 0.4) is 0 Å². The minimum Gasteiger partial charge on any atom is -0.342 e. The molecule has 0 saturated carbocycles. The van der Waals surface area contributed by atoms with Crippen molar-refractivity contribution in [1.29, 1.82) is 0 Å². The van der Waals surface area contributed by atoms with Crippen LogP contribution in [-0.2, 0) is 9.47 Å². The van der Waals surface area contributed by atoms with Gasteiger partial charge in [0.1, 0.15) is 0 Å². The molecule has 0 saturated heterocycles. The normalized spacial score (nSPS) is 11.2. The number of nitrogens with zero attached hydrogens (tertiary/aromatic N) is 1. The van der Waals surface area contributed by atoms with Crippen molar-refractivity contribution in [3.05, 3.63) is 0 Å². The van der Waals surface area contributed by atoms with Gasteiger partial charge in [0.15, 0.2) is 0 Å². The summed E-state index contributed by atoms with van der Waals surface area (Å²) >= 11 is 7.60. The molecule has 0 aliphatic carbocycles. The fraction of sp³-hybridized carbons (Fsp3) is 1.00. The highest BCUT2D eigenvalue weighted by molar-refractivity contribution is 7.93. The van der Waals surface area contributed by atoms with Crippen molar-refractivity contribution in [2.45, 2.75) is 6.41 Å². The number of ether oxygens (including phenoxy) is 2. The van der Waals surface area contributed by atoms with Crippen LogP contribution in [0.25, 0.3) is 0 Å². The summed E-state index contributed by atoms with van der Waals surface area (Å²) < 4.78 is 10.6. The molecule has 0 atom stereocenters. The molecule has 0 amide bonds. The average molecular weight is 155 g/mol. The largest absolute Gasteiger partial charge is 0.342 e. The van der Waals surface area contributed by atoms with E-state index >= 15 is 0 Å². The fourth-order valence-electron chi connectivity index (χ4n) is 0.285. The molecule has 8 heavy (non-hydrogen) atoms. The van der Waals surface area contributed by atoms with Crippen LogP contribution in [-0.4, -0.2) is 24.3 Å². The summed E-state index contributed by atoms with van der Waals surface area (Å²) in [6, 6.07) is 0. The van der Waals surface area contributed by atoms with Gasteiger partial charge in [-0.2, -0.15) is 0 Å². The van der Waals surface area contributed by atoms with Crippen LogP contribution in [0.1, 0.15) is 0 Å². The van der Waals surface area contributed by atoms with Crippen LogP contribution >= 0.6 is 25.6 Å². The molecule has 0 spiro atoms. The van der Waals surface area contributed by atoms with Crippen LogP contribution in [0.2, 0.25) is 0 Å². The minimum atomic E-state index is -0.485. The molecule has 0 aliphatic rings. The molecule has 0 aromatic rings. The Kier molecular flexibility index (Phi) is 4.78. The first-order valence-electron chi connectivity index (χ1n) is 1.95. The van der Waals surface area contributed by atoms with E-state index < -0.39 is 6.41 Å². The predicted octanol–water partition coefficient (Wildman–Crippen LogP) is 0.554. The van der Waals surface area contributed by atoms with E-state index in [-0.39, 0.29) is 0 Å². The van der Waals surface area contributed by atoms with Gasteiger partial charge in [-0.3, -0.25) is 0 Å². The molecule has 0 bridgehead atoms. The van der Waals surface area contributed by atoms with Crippen molar-refractivity contribution >= 4 is 25.6 Å². The lowest BCUT2D eigenvalue weighted by atomic mass is 11.1. The maximum Gasteiger partial charge on any atom is 0.236 e. The van der Waals surface area contributed by atoms with E-state index in [1.807, 2.05) is 0 Å². The number of hydrogen-bond donors (Lipinski definition) is 2. The van der Waals surface area contributed by atoms with Gasteiger partial charge in [-0.05, 0) is 0 Å². The molecule has 0 rings (SSSR count). The monoisotopic (exact) mass is 155 g/mol. The van der Waals surface area contributed by atoms with E-state index in [9.17, 15) is 0 Å². The smallest absolute Gasteiger partial charge is 0.236 e. The summed E-state index contributed by atoms with van der Waals surface area (Å²) in [7, 11) is 3.02. The Morgan fingerprint density at radius 1 is 1.25 bits per heavy atom. The second-order valence-electron chi connectivity index (χ2n) is 1.10. The lowest BCUT2D eigenvalue weighted by Gasteiger charge is -2.17. The Morgan fingerprint density at radius 2 is 1.62 bits per heavy atom. The third-order valence-electron chi connectivity index (χ3n) is 0.592. The lowest BCUT2D eigenvalue weighted by molar-refractivity contribution is -0.135.